The van der Waals surface area contributed by atoms with E-state index in [-0.39, 0.29) is 15.9 Å². The number of carbonyl (C=O) groups is 2. The monoisotopic (exact) mass is 620 g/mol. The van der Waals surface area contributed by atoms with Gasteiger partial charge in [-0.1, -0.05) is 71.2 Å². The molecule has 2 aromatic rings. The fourth-order valence-electron chi connectivity index (χ4n) is 4.75. The van der Waals surface area contributed by atoms with Crippen LogP contribution in [0.4, 0.5) is 0 Å². The maximum absolute atomic E-state index is 12.5. The van der Waals surface area contributed by atoms with E-state index in [0.29, 0.717) is 11.8 Å². The van der Waals surface area contributed by atoms with Crippen molar-refractivity contribution in [3.8, 4) is 0 Å². The molecule has 1 saturated carbocycles. The minimum atomic E-state index is -3.70. The molecule has 0 bridgehead atoms. The SMILES string of the molecule is CCC(C)c1ccc(S(=O)(=O)CC(C)(C(C)=O)C(C)=O)cc1.CCC(C)c1ccc(S(=O)(=O)OC2CCCCC2)cc1. The van der Waals surface area contributed by atoms with Gasteiger partial charge in [0.1, 0.15) is 11.6 Å². The summed E-state index contributed by atoms with van der Waals surface area (Å²) in [5.41, 5.74) is 0.750. The predicted octanol–water partition coefficient (Wildman–Crippen LogP) is 7.40. The molecule has 1 aliphatic carbocycles. The van der Waals surface area contributed by atoms with Gasteiger partial charge in [-0.2, -0.15) is 8.42 Å². The first kappa shape index (κ1) is 35.8. The zero-order valence-electron chi connectivity index (χ0n) is 26.2. The van der Waals surface area contributed by atoms with Crippen LogP contribution in [0.15, 0.2) is 58.3 Å². The van der Waals surface area contributed by atoms with Crippen molar-refractivity contribution in [2.24, 2.45) is 5.41 Å². The van der Waals surface area contributed by atoms with E-state index in [0.717, 1.165) is 44.1 Å². The van der Waals surface area contributed by atoms with Crippen LogP contribution in [-0.2, 0) is 33.7 Å². The number of Topliss-reactive ketones (excluding diaryl/α,β-unsaturated/α-hetero) is 2. The Morgan fingerprint density at radius 1 is 0.762 bits per heavy atom. The molecule has 42 heavy (non-hydrogen) atoms. The van der Waals surface area contributed by atoms with Crippen LogP contribution in [0.5, 0.6) is 0 Å². The van der Waals surface area contributed by atoms with Gasteiger partial charge in [0.15, 0.2) is 9.84 Å². The molecule has 1 aliphatic rings. The van der Waals surface area contributed by atoms with E-state index >= 15 is 0 Å². The smallest absolute Gasteiger partial charge is 0.297 e. The summed E-state index contributed by atoms with van der Waals surface area (Å²) in [5, 5.41) is 0. The van der Waals surface area contributed by atoms with Crippen molar-refractivity contribution in [1.29, 1.82) is 0 Å². The lowest BCUT2D eigenvalue weighted by molar-refractivity contribution is -0.135. The van der Waals surface area contributed by atoms with Gasteiger partial charge in [0.2, 0.25) is 0 Å². The summed E-state index contributed by atoms with van der Waals surface area (Å²) in [4.78, 5) is 23.8. The van der Waals surface area contributed by atoms with Crippen LogP contribution < -0.4 is 0 Å². The van der Waals surface area contributed by atoms with Crippen LogP contribution >= 0.6 is 0 Å². The second-order valence-electron chi connectivity index (χ2n) is 11.8. The highest BCUT2D eigenvalue weighted by Crippen LogP contribution is 2.28. The van der Waals surface area contributed by atoms with Gasteiger partial charge in [-0.05, 0) is 93.7 Å². The van der Waals surface area contributed by atoms with Gasteiger partial charge in [-0.3, -0.25) is 13.8 Å². The molecule has 1 fully saturated rings. The average Bonchev–Trinajstić information content (AvgIpc) is 2.96. The number of ketones is 2. The van der Waals surface area contributed by atoms with Gasteiger partial charge in [-0.25, -0.2) is 8.42 Å². The highest BCUT2D eigenvalue weighted by atomic mass is 32.2. The zero-order valence-corrected chi connectivity index (χ0v) is 27.8. The molecule has 0 radical (unpaired) electrons. The van der Waals surface area contributed by atoms with E-state index in [1.807, 2.05) is 12.1 Å². The molecule has 234 valence electrons. The number of carbonyl (C=O) groups excluding carboxylic acids is 2. The number of hydrogen-bond acceptors (Lipinski definition) is 7. The fraction of sp³-hybridized carbons (Fsp3) is 0.576. The summed E-state index contributed by atoms with van der Waals surface area (Å²) < 4.78 is 54.8. The molecule has 7 nitrogen and oxygen atoms in total. The largest absolute Gasteiger partial charge is 0.299 e. The lowest BCUT2D eigenvalue weighted by Crippen LogP contribution is -2.40. The quantitative estimate of drug-likeness (QED) is 0.180. The molecule has 2 aromatic carbocycles. The van der Waals surface area contributed by atoms with E-state index in [1.54, 1.807) is 36.4 Å². The fourth-order valence-corrected chi connectivity index (χ4v) is 7.76. The summed E-state index contributed by atoms with van der Waals surface area (Å²) in [6.45, 7) is 12.3. The van der Waals surface area contributed by atoms with Crippen molar-refractivity contribution in [2.45, 2.75) is 121 Å². The molecule has 0 heterocycles. The van der Waals surface area contributed by atoms with Crippen molar-refractivity contribution in [3.05, 3.63) is 59.7 Å². The lowest BCUT2D eigenvalue weighted by atomic mass is 9.85. The van der Waals surface area contributed by atoms with Gasteiger partial charge in [0, 0.05) is 0 Å². The molecular weight excluding hydrogens is 572 g/mol. The molecule has 0 spiro atoms. The summed E-state index contributed by atoms with van der Waals surface area (Å²) in [6, 6.07) is 13.8. The Morgan fingerprint density at radius 2 is 1.17 bits per heavy atom. The average molecular weight is 621 g/mol. The number of hydrogen-bond donors (Lipinski definition) is 0. The van der Waals surface area contributed by atoms with Crippen LogP contribution in [0.2, 0.25) is 0 Å². The Balaban J connectivity index is 0.000000294. The molecule has 0 amide bonds. The van der Waals surface area contributed by atoms with Gasteiger partial charge in [0.05, 0.1) is 27.1 Å². The Labute approximate surface area is 253 Å². The molecule has 2 unspecified atom stereocenters. The normalized spacial score (nSPS) is 16.2. The van der Waals surface area contributed by atoms with E-state index in [2.05, 4.69) is 27.7 Å². The van der Waals surface area contributed by atoms with Gasteiger partial charge in [0.25, 0.3) is 10.1 Å². The van der Waals surface area contributed by atoms with E-state index in [4.69, 9.17) is 4.18 Å². The van der Waals surface area contributed by atoms with Crippen molar-refractivity contribution in [3.63, 3.8) is 0 Å². The third kappa shape index (κ3) is 9.58. The van der Waals surface area contributed by atoms with Crippen molar-refractivity contribution >= 4 is 31.5 Å². The van der Waals surface area contributed by atoms with Crippen molar-refractivity contribution in [2.75, 3.05) is 5.75 Å². The molecule has 0 saturated heterocycles. The second kappa shape index (κ2) is 15.4. The molecule has 3 rings (SSSR count). The van der Waals surface area contributed by atoms with Crippen molar-refractivity contribution < 1.29 is 30.6 Å². The molecule has 0 N–H and O–H groups in total. The molecular formula is C33H48O7S2. The number of rotatable bonds is 12. The van der Waals surface area contributed by atoms with Crippen LogP contribution in [-0.4, -0.2) is 40.3 Å². The van der Waals surface area contributed by atoms with Crippen molar-refractivity contribution in [1.82, 2.24) is 0 Å². The minimum absolute atomic E-state index is 0.136. The van der Waals surface area contributed by atoms with Crippen LogP contribution in [0.3, 0.4) is 0 Å². The summed E-state index contributed by atoms with van der Waals surface area (Å²) in [5.74, 6) is -0.546. The Bertz CT molecular complexity index is 1370. The van der Waals surface area contributed by atoms with E-state index < -0.39 is 42.7 Å². The first-order chi connectivity index (χ1) is 19.6. The summed E-state index contributed by atoms with van der Waals surface area (Å²) in [6.07, 6.45) is 6.89. The summed E-state index contributed by atoms with van der Waals surface area (Å²) in [7, 11) is -7.31. The molecule has 0 aromatic heterocycles. The van der Waals surface area contributed by atoms with Crippen LogP contribution in [0, 0.1) is 5.41 Å². The van der Waals surface area contributed by atoms with Gasteiger partial charge < -0.3 is 0 Å². The van der Waals surface area contributed by atoms with Crippen LogP contribution in [0.25, 0.3) is 0 Å². The first-order valence-corrected chi connectivity index (χ1v) is 18.0. The van der Waals surface area contributed by atoms with Crippen LogP contribution in [0.1, 0.15) is 116 Å². The maximum Gasteiger partial charge on any atom is 0.297 e. The van der Waals surface area contributed by atoms with Gasteiger partial charge in [-0.15, -0.1) is 0 Å². The maximum atomic E-state index is 12.5. The predicted molar refractivity (Wildman–Crippen MR) is 167 cm³/mol. The lowest BCUT2D eigenvalue weighted by Gasteiger charge is -2.23. The number of sulfone groups is 1. The van der Waals surface area contributed by atoms with E-state index in [1.165, 1.54) is 32.8 Å². The zero-order chi connectivity index (χ0) is 31.7. The topological polar surface area (TPSA) is 112 Å². The standard InChI is InChI=1S/C17H24O4S.C16H24O3S/c1-6-12(2)15-7-9-16(10-8-15)22(20,21)11-17(5,13(3)18)14(4)19;1-3-13(2)14-9-11-16(12-10-14)20(17,18)19-15-7-5-4-6-8-15/h7-10,12H,6,11H2,1-5H3;9-13,15H,3-8H2,1-2H3. The second-order valence-corrected chi connectivity index (χ2v) is 15.3. The highest BCUT2D eigenvalue weighted by molar-refractivity contribution is 7.91. The third-order valence-electron chi connectivity index (χ3n) is 8.62. The highest BCUT2D eigenvalue weighted by Gasteiger charge is 2.40. The summed E-state index contributed by atoms with van der Waals surface area (Å²) >= 11 is 0. The third-order valence-corrected chi connectivity index (χ3v) is 11.9. The Morgan fingerprint density at radius 3 is 1.55 bits per heavy atom. The number of benzene rings is 2. The first-order valence-electron chi connectivity index (χ1n) is 14.9. The van der Waals surface area contributed by atoms with Gasteiger partial charge >= 0.3 is 0 Å². The van der Waals surface area contributed by atoms with E-state index in [9.17, 15) is 26.4 Å². The molecule has 0 aliphatic heterocycles. The molecule has 2 atom stereocenters. The minimum Gasteiger partial charge on any atom is -0.299 e. The Hall–Kier alpha value is -2.36. The Kier molecular flexibility index (Phi) is 13.1. The molecule has 9 heteroatoms.